The molecule has 31 heavy (non-hydrogen) atoms. The number of hydrogen-bond donors (Lipinski definition) is 1. The van der Waals surface area contributed by atoms with Gasteiger partial charge in [0.2, 0.25) is 0 Å². The molecule has 2 aromatic heterocycles. The zero-order valence-electron chi connectivity index (χ0n) is 17.8. The van der Waals surface area contributed by atoms with E-state index in [4.69, 9.17) is 24.2 Å². The summed E-state index contributed by atoms with van der Waals surface area (Å²) in [7, 11) is 1.68. The predicted octanol–water partition coefficient (Wildman–Crippen LogP) is 4.90. The first kappa shape index (κ1) is 22.6. The van der Waals surface area contributed by atoms with Crippen molar-refractivity contribution in [3.63, 3.8) is 0 Å². The number of nitrogens with zero attached hydrogens (tertiary/aromatic N) is 2. The molecule has 0 fully saturated rings. The minimum Gasteiger partial charge on any atom is -0.382 e. The molecule has 1 aliphatic carbocycles. The van der Waals surface area contributed by atoms with E-state index in [-0.39, 0.29) is 0 Å². The van der Waals surface area contributed by atoms with Gasteiger partial charge in [0.1, 0.15) is 0 Å². The van der Waals surface area contributed by atoms with Crippen molar-refractivity contribution >= 4 is 34.6 Å². The molecule has 0 amide bonds. The van der Waals surface area contributed by atoms with Crippen LogP contribution < -0.4 is 0 Å². The van der Waals surface area contributed by atoms with Crippen molar-refractivity contribution in [1.82, 2.24) is 15.0 Å². The number of thioether (sulfide) groups is 2. The van der Waals surface area contributed by atoms with Gasteiger partial charge in [-0.05, 0) is 43.0 Å². The number of ether oxygens (including phenoxy) is 3. The Bertz CT molecular complexity index is 933. The molecule has 1 N–H and O–H groups in total. The van der Waals surface area contributed by atoms with Gasteiger partial charge in [0.25, 0.3) is 0 Å². The number of nitrogens with one attached hydrogen (secondary N) is 1. The molecule has 0 spiro atoms. The molecular formula is C23H29N3O3S2. The number of pyridine rings is 1. The van der Waals surface area contributed by atoms with Gasteiger partial charge in [-0.2, -0.15) is 0 Å². The minimum atomic E-state index is 0.338. The van der Waals surface area contributed by atoms with Crippen LogP contribution in [-0.4, -0.2) is 60.8 Å². The third-order valence-corrected chi connectivity index (χ3v) is 7.38. The van der Waals surface area contributed by atoms with Crippen LogP contribution >= 0.6 is 23.5 Å². The Morgan fingerprint density at radius 1 is 1.06 bits per heavy atom. The molecule has 0 bridgehead atoms. The summed E-state index contributed by atoms with van der Waals surface area (Å²) in [6.45, 7) is 3.19. The van der Waals surface area contributed by atoms with Crippen LogP contribution in [0, 0.1) is 0 Å². The second-order valence-corrected chi connectivity index (χ2v) is 9.62. The number of H-pyrrole nitrogens is 1. The summed E-state index contributed by atoms with van der Waals surface area (Å²) in [6.07, 6.45) is 5.35. The quantitative estimate of drug-likeness (QED) is 0.305. The summed E-state index contributed by atoms with van der Waals surface area (Å²) >= 11 is 3.66. The summed E-state index contributed by atoms with van der Waals surface area (Å²) in [5, 5.41) is 1.31. The van der Waals surface area contributed by atoms with Gasteiger partial charge in [0.15, 0.2) is 5.16 Å². The van der Waals surface area contributed by atoms with Crippen LogP contribution in [0.1, 0.15) is 29.3 Å². The van der Waals surface area contributed by atoms with E-state index in [0.717, 1.165) is 34.8 Å². The van der Waals surface area contributed by atoms with Gasteiger partial charge in [-0.3, -0.25) is 4.98 Å². The van der Waals surface area contributed by atoms with Gasteiger partial charge in [-0.25, -0.2) is 4.98 Å². The van der Waals surface area contributed by atoms with Gasteiger partial charge in [0.05, 0.1) is 55.0 Å². The average molecular weight is 460 g/mol. The highest BCUT2D eigenvalue weighted by Gasteiger charge is 2.25. The molecule has 1 atom stereocenters. The number of aromatic amines is 1. The second-order valence-electron chi connectivity index (χ2n) is 7.30. The number of fused-ring (bicyclic) bond motifs is 2. The molecular weight excluding hydrogens is 430 g/mol. The molecule has 3 aromatic rings. The fourth-order valence-corrected chi connectivity index (χ4v) is 5.81. The molecule has 4 rings (SSSR count). The van der Waals surface area contributed by atoms with E-state index in [1.54, 1.807) is 18.9 Å². The molecule has 2 heterocycles. The number of imidazole rings is 1. The second kappa shape index (κ2) is 11.9. The van der Waals surface area contributed by atoms with Crippen molar-refractivity contribution in [2.75, 3.05) is 45.9 Å². The van der Waals surface area contributed by atoms with Crippen molar-refractivity contribution in [1.29, 1.82) is 0 Å². The number of methoxy groups -OCH3 is 1. The summed E-state index contributed by atoms with van der Waals surface area (Å²) < 4.78 is 16.1. The third-order valence-electron chi connectivity index (χ3n) is 5.15. The van der Waals surface area contributed by atoms with Crippen LogP contribution in [0.15, 0.2) is 46.6 Å². The van der Waals surface area contributed by atoms with E-state index in [9.17, 15) is 0 Å². The van der Waals surface area contributed by atoms with Crippen molar-refractivity contribution in [3.8, 4) is 0 Å². The summed E-state index contributed by atoms with van der Waals surface area (Å²) in [5.74, 6) is 0.926. The number of rotatable bonds is 12. The van der Waals surface area contributed by atoms with E-state index in [1.165, 1.54) is 22.6 Å². The summed E-state index contributed by atoms with van der Waals surface area (Å²) in [4.78, 5) is 14.3. The zero-order chi connectivity index (χ0) is 21.3. The number of para-hydroxylation sites is 2. The van der Waals surface area contributed by atoms with Crippen molar-refractivity contribution in [2.24, 2.45) is 0 Å². The Kier molecular flexibility index (Phi) is 8.66. The van der Waals surface area contributed by atoms with Gasteiger partial charge in [-0.15, -0.1) is 11.8 Å². The molecule has 1 aromatic carbocycles. The molecule has 0 aliphatic heterocycles. The molecule has 1 unspecified atom stereocenters. The zero-order valence-corrected chi connectivity index (χ0v) is 19.5. The highest BCUT2D eigenvalue weighted by atomic mass is 32.2. The van der Waals surface area contributed by atoms with E-state index in [0.29, 0.717) is 38.3 Å². The first-order chi connectivity index (χ1) is 15.3. The molecule has 0 saturated heterocycles. The van der Waals surface area contributed by atoms with E-state index < -0.39 is 0 Å². The Labute approximate surface area is 191 Å². The van der Waals surface area contributed by atoms with E-state index >= 15 is 0 Å². The minimum absolute atomic E-state index is 0.338. The highest BCUT2D eigenvalue weighted by Crippen LogP contribution is 2.44. The van der Waals surface area contributed by atoms with Gasteiger partial charge >= 0.3 is 0 Å². The molecule has 1 aliphatic rings. The van der Waals surface area contributed by atoms with Crippen LogP contribution in [0.3, 0.4) is 0 Å². The summed E-state index contributed by atoms with van der Waals surface area (Å²) in [6, 6.07) is 10.3. The fraction of sp³-hybridized carbons (Fsp3) is 0.478. The van der Waals surface area contributed by atoms with Crippen molar-refractivity contribution in [3.05, 3.63) is 47.8 Å². The highest BCUT2D eigenvalue weighted by molar-refractivity contribution is 7.99. The lowest BCUT2D eigenvalue weighted by Gasteiger charge is -2.25. The van der Waals surface area contributed by atoms with Gasteiger partial charge < -0.3 is 19.2 Å². The lowest BCUT2D eigenvalue weighted by atomic mass is 9.96. The Balaban J connectivity index is 1.30. The standard InChI is InChI=1S/C23H29N3O3S2/c1-27-11-12-28-13-14-29-15-16-30-20-9-10-24-22-17(20)5-4-8-21(22)31-23-25-18-6-2-3-7-19(18)26-23/h2-3,6-7,9-10,21H,4-5,8,11-16H2,1H3,(H,25,26). The molecule has 0 radical (unpaired) electrons. The normalized spacial score (nSPS) is 16.0. The number of hydrogen-bond acceptors (Lipinski definition) is 7. The third kappa shape index (κ3) is 6.23. The fourth-order valence-electron chi connectivity index (χ4n) is 3.66. The van der Waals surface area contributed by atoms with Crippen LogP contribution in [0.2, 0.25) is 0 Å². The first-order valence-corrected chi connectivity index (χ1v) is 12.6. The van der Waals surface area contributed by atoms with Crippen LogP contribution in [0.4, 0.5) is 0 Å². The van der Waals surface area contributed by atoms with Crippen LogP contribution in [0.5, 0.6) is 0 Å². The Hall–Kier alpha value is -1.58. The van der Waals surface area contributed by atoms with Crippen LogP contribution in [-0.2, 0) is 20.6 Å². The molecule has 0 saturated carbocycles. The smallest absolute Gasteiger partial charge is 0.167 e. The largest absolute Gasteiger partial charge is 0.382 e. The first-order valence-electron chi connectivity index (χ1n) is 10.7. The number of aromatic nitrogens is 3. The Morgan fingerprint density at radius 3 is 2.77 bits per heavy atom. The summed E-state index contributed by atoms with van der Waals surface area (Å²) in [5.41, 5.74) is 4.72. The van der Waals surface area contributed by atoms with Crippen molar-refractivity contribution in [2.45, 2.75) is 34.6 Å². The predicted molar refractivity (Wildman–Crippen MR) is 126 cm³/mol. The average Bonchev–Trinajstić information content (AvgIpc) is 3.21. The van der Waals surface area contributed by atoms with Crippen molar-refractivity contribution < 1.29 is 14.2 Å². The number of benzene rings is 1. The maximum Gasteiger partial charge on any atom is 0.167 e. The Morgan fingerprint density at radius 2 is 1.90 bits per heavy atom. The lowest BCUT2D eigenvalue weighted by molar-refractivity contribution is 0.0286. The molecule has 6 nitrogen and oxygen atoms in total. The maximum atomic E-state index is 5.69. The van der Waals surface area contributed by atoms with Gasteiger partial charge in [-0.1, -0.05) is 23.9 Å². The lowest BCUT2D eigenvalue weighted by Crippen LogP contribution is -2.12. The molecule has 166 valence electrons. The molecule has 8 heteroatoms. The van der Waals surface area contributed by atoms with E-state index in [2.05, 4.69) is 17.1 Å². The maximum absolute atomic E-state index is 5.69. The monoisotopic (exact) mass is 459 g/mol. The topological polar surface area (TPSA) is 69.3 Å². The SMILES string of the molecule is COCCOCCOCCSc1ccnc2c1CCCC2Sc1nc2ccccc2[nH]1. The van der Waals surface area contributed by atoms with Gasteiger partial charge in [0, 0.05) is 24.0 Å². The van der Waals surface area contributed by atoms with E-state index in [1.807, 2.05) is 36.2 Å². The van der Waals surface area contributed by atoms with Crippen LogP contribution in [0.25, 0.3) is 11.0 Å².